The summed E-state index contributed by atoms with van der Waals surface area (Å²) in [6.07, 6.45) is 3.81. The van der Waals surface area contributed by atoms with Crippen molar-refractivity contribution in [3.05, 3.63) is 42.5 Å². The second kappa shape index (κ2) is 7.82. The number of aromatic nitrogens is 3. The van der Waals surface area contributed by atoms with E-state index in [2.05, 4.69) is 27.2 Å². The number of nitrogens with zero attached hydrogens (tertiary/aromatic N) is 3. The van der Waals surface area contributed by atoms with Crippen LogP contribution in [-0.4, -0.2) is 32.4 Å². The Morgan fingerprint density at radius 2 is 2.14 bits per heavy atom. The second-order valence-electron chi connectivity index (χ2n) is 4.31. The van der Waals surface area contributed by atoms with E-state index < -0.39 is 0 Å². The van der Waals surface area contributed by atoms with Crippen LogP contribution in [0.3, 0.4) is 0 Å². The Balaban J connectivity index is 1.82. The summed E-state index contributed by atoms with van der Waals surface area (Å²) in [7, 11) is 0. The fourth-order valence-corrected chi connectivity index (χ4v) is 1.65. The van der Waals surface area contributed by atoms with Crippen LogP contribution in [-0.2, 0) is 11.3 Å². The molecule has 6 nitrogen and oxygen atoms in total. The van der Waals surface area contributed by atoms with E-state index in [0.29, 0.717) is 19.4 Å². The smallest absolute Gasteiger partial charge is 0.226 e. The van der Waals surface area contributed by atoms with Gasteiger partial charge in [0.2, 0.25) is 5.91 Å². The lowest BCUT2D eigenvalue weighted by Crippen LogP contribution is -2.14. The van der Waals surface area contributed by atoms with Gasteiger partial charge in [0, 0.05) is 24.1 Å². The molecule has 0 fully saturated rings. The fourth-order valence-electron chi connectivity index (χ4n) is 1.65. The molecule has 2 rings (SSSR count). The quantitative estimate of drug-likeness (QED) is 0.804. The molecular weight excluding hydrogens is 268 g/mol. The third-order valence-corrected chi connectivity index (χ3v) is 2.67. The molecular formula is C15H16N4O2. The Morgan fingerprint density at radius 3 is 2.81 bits per heavy atom. The molecule has 2 aromatic rings. The molecule has 1 heterocycles. The molecule has 21 heavy (non-hydrogen) atoms. The molecule has 0 aliphatic heterocycles. The lowest BCUT2D eigenvalue weighted by atomic mass is 10.2. The Labute approximate surface area is 122 Å². The van der Waals surface area contributed by atoms with E-state index in [1.54, 1.807) is 23.1 Å². The SMILES string of the molecule is O=C(CCn1cncn1)Nc1ccc(C#CCCO)cc1. The normalized spacial score (nSPS) is 9.76. The van der Waals surface area contributed by atoms with Crippen molar-refractivity contribution in [1.82, 2.24) is 14.8 Å². The Morgan fingerprint density at radius 1 is 1.33 bits per heavy atom. The highest BCUT2D eigenvalue weighted by atomic mass is 16.2. The van der Waals surface area contributed by atoms with E-state index in [4.69, 9.17) is 5.11 Å². The molecule has 0 saturated carbocycles. The van der Waals surface area contributed by atoms with Gasteiger partial charge in [0.05, 0.1) is 13.2 Å². The maximum absolute atomic E-state index is 11.8. The summed E-state index contributed by atoms with van der Waals surface area (Å²) in [6.45, 7) is 0.559. The predicted octanol–water partition coefficient (Wildman–Crippen LogP) is 1.04. The van der Waals surface area contributed by atoms with E-state index >= 15 is 0 Å². The number of aliphatic hydroxyl groups excluding tert-OH is 1. The zero-order valence-electron chi connectivity index (χ0n) is 11.5. The summed E-state index contributed by atoms with van der Waals surface area (Å²) >= 11 is 0. The van der Waals surface area contributed by atoms with Crippen molar-refractivity contribution in [3.8, 4) is 11.8 Å². The van der Waals surface area contributed by atoms with E-state index in [1.165, 1.54) is 6.33 Å². The van der Waals surface area contributed by atoms with Gasteiger partial charge in [0.1, 0.15) is 12.7 Å². The molecule has 1 amide bonds. The highest BCUT2D eigenvalue weighted by molar-refractivity contribution is 5.90. The van der Waals surface area contributed by atoms with Crippen molar-refractivity contribution in [2.45, 2.75) is 19.4 Å². The maximum Gasteiger partial charge on any atom is 0.226 e. The summed E-state index contributed by atoms with van der Waals surface area (Å²) < 4.78 is 1.61. The van der Waals surface area contributed by atoms with Crippen LogP contribution < -0.4 is 5.32 Å². The molecule has 0 bridgehead atoms. The number of hydrogen-bond acceptors (Lipinski definition) is 4. The molecule has 0 aliphatic carbocycles. The van der Waals surface area contributed by atoms with Gasteiger partial charge in [-0.1, -0.05) is 11.8 Å². The number of rotatable bonds is 5. The van der Waals surface area contributed by atoms with Crippen molar-refractivity contribution < 1.29 is 9.90 Å². The molecule has 0 unspecified atom stereocenters. The van der Waals surface area contributed by atoms with Crippen molar-refractivity contribution in [1.29, 1.82) is 0 Å². The largest absolute Gasteiger partial charge is 0.395 e. The first-order chi connectivity index (χ1) is 10.3. The number of benzene rings is 1. The van der Waals surface area contributed by atoms with Crippen LogP contribution in [0.4, 0.5) is 5.69 Å². The van der Waals surface area contributed by atoms with Gasteiger partial charge in [-0.05, 0) is 24.3 Å². The molecule has 108 valence electrons. The molecule has 1 aromatic carbocycles. The van der Waals surface area contributed by atoms with Crippen LogP contribution in [0.5, 0.6) is 0 Å². The van der Waals surface area contributed by atoms with Gasteiger partial charge >= 0.3 is 0 Å². The number of hydrogen-bond donors (Lipinski definition) is 2. The number of amides is 1. The zero-order chi connectivity index (χ0) is 14.9. The van der Waals surface area contributed by atoms with E-state index in [1.807, 2.05) is 12.1 Å². The third-order valence-electron chi connectivity index (χ3n) is 2.67. The average Bonchev–Trinajstić information content (AvgIpc) is 3.01. The van der Waals surface area contributed by atoms with E-state index in [-0.39, 0.29) is 12.5 Å². The average molecular weight is 284 g/mol. The van der Waals surface area contributed by atoms with Crippen molar-refractivity contribution in [2.75, 3.05) is 11.9 Å². The van der Waals surface area contributed by atoms with Gasteiger partial charge in [0.25, 0.3) is 0 Å². The van der Waals surface area contributed by atoms with Crippen molar-refractivity contribution in [2.24, 2.45) is 0 Å². The first-order valence-corrected chi connectivity index (χ1v) is 6.60. The Kier molecular flexibility index (Phi) is 5.50. The van der Waals surface area contributed by atoms with Crippen LogP contribution in [0.25, 0.3) is 0 Å². The van der Waals surface area contributed by atoms with Gasteiger partial charge < -0.3 is 10.4 Å². The molecule has 0 radical (unpaired) electrons. The second-order valence-corrected chi connectivity index (χ2v) is 4.31. The van der Waals surface area contributed by atoms with Crippen LogP contribution >= 0.6 is 0 Å². The number of carbonyl (C=O) groups is 1. The molecule has 0 saturated heterocycles. The van der Waals surface area contributed by atoms with Crippen molar-refractivity contribution in [3.63, 3.8) is 0 Å². The predicted molar refractivity (Wildman–Crippen MR) is 78.3 cm³/mol. The number of anilines is 1. The van der Waals surface area contributed by atoms with Crippen LogP contribution in [0, 0.1) is 11.8 Å². The standard InChI is InChI=1S/C15H16N4O2/c20-10-2-1-3-13-4-6-14(7-5-13)18-15(21)8-9-19-12-16-11-17-19/h4-7,11-12,20H,2,8-10H2,(H,18,21). The molecule has 1 aromatic heterocycles. The summed E-state index contributed by atoms with van der Waals surface area (Å²) in [5.74, 6) is 5.69. The van der Waals surface area contributed by atoms with E-state index in [0.717, 1.165) is 11.3 Å². The maximum atomic E-state index is 11.8. The first kappa shape index (κ1) is 14.8. The molecule has 2 N–H and O–H groups in total. The molecule has 0 atom stereocenters. The molecule has 0 aliphatic rings. The highest BCUT2D eigenvalue weighted by Gasteiger charge is 2.03. The van der Waals surface area contributed by atoms with Crippen LogP contribution in [0.15, 0.2) is 36.9 Å². The van der Waals surface area contributed by atoms with Gasteiger partial charge in [-0.25, -0.2) is 4.98 Å². The molecule has 6 heteroatoms. The number of aliphatic hydroxyl groups is 1. The molecule has 0 spiro atoms. The van der Waals surface area contributed by atoms with Crippen LogP contribution in [0.2, 0.25) is 0 Å². The fraction of sp³-hybridized carbons (Fsp3) is 0.267. The van der Waals surface area contributed by atoms with Gasteiger partial charge in [-0.15, -0.1) is 0 Å². The number of carbonyl (C=O) groups excluding carboxylic acids is 1. The lowest BCUT2D eigenvalue weighted by Gasteiger charge is -2.05. The van der Waals surface area contributed by atoms with Crippen LogP contribution in [0.1, 0.15) is 18.4 Å². The van der Waals surface area contributed by atoms with Gasteiger partial charge in [-0.2, -0.15) is 5.10 Å². The monoisotopic (exact) mass is 284 g/mol. The number of nitrogens with one attached hydrogen (secondary N) is 1. The van der Waals surface area contributed by atoms with Gasteiger partial charge in [-0.3, -0.25) is 9.48 Å². The Bertz CT molecular complexity index is 624. The minimum atomic E-state index is -0.0791. The van der Waals surface area contributed by atoms with E-state index in [9.17, 15) is 4.79 Å². The third kappa shape index (κ3) is 5.09. The highest BCUT2D eigenvalue weighted by Crippen LogP contribution is 2.09. The minimum Gasteiger partial charge on any atom is -0.395 e. The topological polar surface area (TPSA) is 80.0 Å². The minimum absolute atomic E-state index is 0.0624. The lowest BCUT2D eigenvalue weighted by molar-refractivity contribution is -0.116. The summed E-state index contributed by atoms with van der Waals surface area (Å²) in [6, 6.07) is 7.27. The zero-order valence-corrected chi connectivity index (χ0v) is 11.5. The summed E-state index contributed by atoms with van der Waals surface area (Å²) in [5.41, 5.74) is 1.58. The first-order valence-electron chi connectivity index (χ1n) is 6.60. The summed E-state index contributed by atoms with van der Waals surface area (Å²) in [5, 5.41) is 15.4. The Hall–Kier alpha value is -2.65. The summed E-state index contributed by atoms with van der Waals surface area (Å²) in [4.78, 5) is 15.6. The van der Waals surface area contributed by atoms with Gasteiger partial charge in [0.15, 0.2) is 0 Å². The number of aryl methyl sites for hydroxylation is 1. The van der Waals surface area contributed by atoms with Crippen molar-refractivity contribution >= 4 is 11.6 Å².